The molecule has 1 heterocycles. The van der Waals surface area contributed by atoms with Crippen molar-refractivity contribution in [1.82, 2.24) is 0 Å². The van der Waals surface area contributed by atoms with Gasteiger partial charge >= 0.3 is 0 Å². The normalized spacial score (nSPS) is 12.9. The van der Waals surface area contributed by atoms with Gasteiger partial charge in [-0.3, -0.25) is 0 Å². The second-order valence-electron chi connectivity index (χ2n) is 13.3. The first-order valence-corrected chi connectivity index (χ1v) is 17.5. The highest BCUT2D eigenvalue weighted by atomic mass is 16.3. The molecule has 0 fully saturated rings. The van der Waals surface area contributed by atoms with Crippen LogP contribution in [0.25, 0.3) is 44.2 Å². The molecule has 0 N–H and O–H groups in total. The Morgan fingerprint density at radius 1 is 0.392 bits per heavy atom. The van der Waals surface area contributed by atoms with E-state index in [1.165, 1.54) is 44.5 Å². The molecule has 10 rings (SSSR count). The van der Waals surface area contributed by atoms with E-state index in [1.807, 2.05) is 0 Å². The van der Waals surface area contributed by atoms with Gasteiger partial charge in [0.05, 0.1) is 16.5 Å². The number of anilines is 3. The minimum Gasteiger partial charge on any atom is -0.456 e. The van der Waals surface area contributed by atoms with Gasteiger partial charge in [-0.25, -0.2) is 0 Å². The first kappa shape index (κ1) is 29.3. The van der Waals surface area contributed by atoms with E-state index in [9.17, 15) is 0 Å². The lowest BCUT2D eigenvalue weighted by molar-refractivity contribution is 0.668. The van der Waals surface area contributed by atoms with Gasteiger partial charge in [0, 0.05) is 16.8 Å². The molecule has 51 heavy (non-hydrogen) atoms. The van der Waals surface area contributed by atoms with Crippen LogP contribution in [0.3, 0.4) is 0 Å². The molecule has 1 aliphatic carbocycles. The summed E-state index contributed by atoms with van der Waals surface area (Å²) in [4.78, 5) is 2.36. The highest BCUT2D eigenvalue weighted by Crippen LogP contribution is 2.56. The molecule has 0 bridgehead atoms. The molecule has 1 aliphatic rings. The highest BCUT2D eigenvalue weighted by Gasteiger charge is 2.46. The Hall–Kier alpha value is -6.64. The van der Waals surface area contributed by atoms with E-state index >= 15 is 0 Å². The fraction of sp³-hybridized carbons (Fsp3) is 0.0204. The maximum absolute atomic E-state index is 6.68. The summed E-state index contributed by atoms with van der Waals surface area (Å²) in [6, 6.07) is 72.1. The van der Waals surface area contributed by atoms with E-state index in [0.717, 1.165) is 39.0 Å². The van der Waals surface area contributed by atoms with Gasteiger partial charge in [-0.05, 0) is 93.0 Å². The number of hydrogen-bond donors (Lipinski definition) is 0. The summed E-state index contributed by atoms with van der Waals surface area (Å²) in [5, 5.41) is 2.18. The average molecular weight is 652 g/mol. The molecule has 1 aromatic heterocycles. The first-order chi connectivity index (χ1) is 25.3. The lowest BCUT2D eigenvalue weighted by Gasteiger charge is -2.34. The van der Waals surface area contributed by atoms with Crippen LogP contribution in [0.2, 0.25) is 0 Å². The van der Waals surface area contributed by atoms with Crippen LogP contribution < -0.4 is 4.90 Å². The van der Waals surface area contributed by atoms with E-state index < -0.39 is 5.41 Å². The molecule has 9 aromatic rings. The number of nitrogens with zero attached hydrogens (tertiary/aromatic N) is 1. The average Bonchev–Trinajstić information content (AvgIpc) is 3.73. The third kappa shape index (κ3) is 4.50. The Bertz CT molecular complexity index is 2650. The second kappa shape index (κ2) is 11.8. The van der Waals surface area contributed by atoms with Gasteiger partial charge < -0.3 is 9.32 Å². The van der Waals surface area contributed by atoms with E-state index in [4.69, 9.17) is 4.42 Å². The molecule has 8 aromatic carbocycles. The van der Waals surface area contributed by atoms with E-state index in [-0.39, 0.29) is 0 Å². The standard InChI is InChI=1S/C49H33NO/c1-4-16-34(17-5-1)35-18-14-23-39(32-35)50(38-21-8-3-9-22-38)45-28-15-29-47-48(45)42-33-37(30-31-46(42)51-47)49(36-19-6-2-7-20-36)43-26-12-10-24-40(43)41-25-11-13-27-44(41)49/h1-33H. The van der Waals surface area contributed by atoms with Crippen LogP contribution in [-0.4, -0.2) is 0 Å². The van der Waals surface area contributed by atoms with E-state index in [2.05, 4.69) is 205 Å². The Morgan fingerprint density at radius 2 is 0.980 bits per heavy atom. The maximum atomic E-state index is 6.68. The van der Waals surface area contributed by atoms with E-state index in [1.54, 1.807) is 0 Å². The molecule has 0 saturated carbocycles. The molecule has 240 valence electrons. The Morgan fingerprint density at radius 3 is 1.71 bits per heavy atom. The van der Waals surface area contributed by atoms with Gasteiger partial charge in [-0.1, -0.05) is 152 Å². The molecule has 0 unspecified atom stereocenters. The summed E-state index contributed by atoms with van der Waals surface area (Å²) >= 11 is 0. The predicted molar refractivity (Wildman–Crippen MR) is 211 cm³/mol. The number of fused-ring (bicyclic) bond motifs is 6. The van der Waals surface area contributed by atoms with Crippen LogP contribution in [0.4, 0.5) is 17.1 Å². The molecule has 2 heteroatoms. The predicted octanol–water partition coefficient (Wildman–Crippen LogP) is 13.1. The number of rotatable bonds is 6. The second-order valence-corrected chi connectivity index (χ2v) is 13.3. The zero-order valence-electron chi connectivity index (χ0n) is 27.9. The Balaban J connectivity index is 1.25. The molecule has 0 aliphatic heterocycles. The van der Waals surface area contributed by atoms with Gasteiger partial charge in [-0.15, -0.1) is 0 Å². The molecule has 0 radical (unpaired) electrons. The molecular weight excluding hydrogens is 619 g/mol. The van der Waals surface area contributed by atoms with Crippen LogP contribution in [0.15, 0.2) is 205 Å². The zero-order valence-corrected chi connectivity index (χ0v) is 27.9. The van der Waals surface area contributed by atoms with Gasteiger partial charge in [0.1, 0.15) is 11.2 Å². The molecular formula is C49H33NO. The monoisotopic (exact) mass is 651 g/mol. The third-order valence-electron chi connectivity index (χ3n) is 10.5. The number of benzene rings is 8. The van der Waals surface area contributed by atoms with Crippen molar-refractivity contribution >= 4 is 39.0 Å². The molecule has 0 amide bonds. The number of furan rings is 1. The molecule has 0 atom stereocenters. The SMILES string of the molecule is c1ccc(-c2cccc(N(c3ccccc3)c3cccc4oc5ccc(C6(c7ccccc7)c7ccccc7-c7ccccc76)cc5c34)c2)cc1. The fourth-order valence-corrected chi connectivity index (χ4v) is 8.40. The van der Waals surface area contributed by atoms with Gasteiger partial charge in [0.2, 0.25) is 0 Å². The van der Waals surface area contributed by atoms with Crippen LogP contribution >= 0.6 is 0 Å². The van der Waals surface area contributed by atoms with Crippen molar-refractivity contribution in [3.05, 3.63) is 222 Å². The number of hydrogen-bond acceptors (Lipinski definition) is 2. The van der Waals surface area contributed by atoms with Crippen molar-refractivity contribution in [2.75, 3.05) is 4.90 Å². The maximum Gasteiger partial charge on any atom is 0.137 e. The van der Waals surface area contributed by atoms with Crippen molar-refractivity contribution in [2.45, 2.75) is 5.41 Å². The zero-order chi connectivity index (χ0) is 33.8. The summed E-state index contributed by atoms with van der Waals surface area (Å²) in [7, 11) is 0. The number of para-hydroxylation sites is 1. The summed E-state index contributed by atoms with van der Waals surface area (Å²) < 4.78 is 6.68. The highest BCUT2D eigenvalue weighted by molar-refractivity contribution is 6.13. The topological polar surface area (TPSA) is 16.4 Å². The minimum absolute atomic E-state index is 0.496. The van der Waals surface area contributed by atoms with Crippen molar-refractivity contribution < 1.29 is 4.42 Å². The largest absolute Gasteiger partial charge is 0.456 e. The van der Waals surface area contributed by atoms with Crippen LogP contribution in [-0.2, 0) is 5.41 Å². The third-order valence-corrected chi connectivity index (χ3v) is 10.5. The van der Waals surface area contributed by atoms with E-state index in [0.29, 0.717) is 0 Å². The van der Waals surface area contributed by atoms with Gasteiger partial charge in [-0.2, -0.15) is 0 Å². The van der Waals surface area contributed by atoms with Crippen molar-refractivity contribution in [3.8, 4) is 22.3 Å². The Labute approximate surface area is 297 Å². The summed E-state index contributed by atoms with van der Waals surface area (Å²) in [5.74, 6) is 0. The van der Waals surface area contributed by atoms with Gasteiger partial charge in [0.25, 0.3) is 0 Å². The minimum atomic E-state index is -0.496. The molecule has 0 spiro atoms. The van der Waals surface area contributed by atoms with Crippen LogP contribution in [0.5, 0.6) is 0 Å². The quantitative estimate of drug-likeness (QED) is 0.178. The lowest BCUT2D eigenvalue weighted by Crippen LogP contribution is -2.28. The Kier molecular flexibility index (Phi) is 6.75. The van der Waals surface area contributed by atoms with Gasteiger partial charge in [0.15, 0.2) is 0 Å². The van der Waals surface area contributed by atoms with Crippen LogP contribution in [0, 0.1) is 0 Å². The van der Waals surface area contributed by atoms with Crippen molar-refractivity contribution in [3.63, 3.8) is 0 Å². The lowest BCUT2D eigenvalue weighted by atomic mass is 9.67. The first-order valence-electron chi connectivity index (χ1n) is 17.5. The summed E-state index contributed by atoms with van der Waals surface area (Å²) in [6.07, 6.45) is 0. The smallest absolute Gasteiger partial charge is 0.137 e. The summed E-state index contributed by atoms with van der Waals surface area (Å²) in [5.41, 5.74) is 14.5. The van der Waals surface area contributed by atoms with Crippen molar-refractivity contribution in [2.24, 2.45) is 0 Å². The summed E-state index contributed by atoms with van der Waals surface area (Å²) in [6.45, 7) is 0. The molecule has 0 saturated heterocycles. The molecule has 2 nitrogen and oxygen atoms in total. The van der Waals surface area contributed by atoms with Crippen molar-refractivity contribution in [1.29, 1.82) is 0 Å². The fourth-order valence-electron chi connectivity index (χ4n) is 8.40. The van der Waals surface area contributed by atoms with Crippen LogP contribution in [0.1, 0.15) is 22.3 Å².